The zero-order chi connectivity index (χ0) is 11.9. The summed E-state index contributed by atoms with van der Waals surface area (Å²) in [6.45, 7) is 1.63. The third kappa shape index (κ3) is 1.48. The highest BCUT2D eigenvalue weighted by Gasteiger charge is 2.16. The lowest BCUT2D eigenvalue weighted by Crippen LogP contribution is -1.99. The van der Waals surface area contributed by atoms with Gasteiger partial charge in [0.1, 0.15) is 11.3 Å². The fraction of sp³-hybridized carbons (Fsp3) is 0.182. The van der Waals surface area contributed by atoms with Gasteiger partial charge < -0.3 is 5.32 Å². The second-order valence-electron chi connectivity index (χ2n) is 3.44. The predicted octanol–water partition coefficient (Wildman–Crippen LogP) is 3.00. The van der Waals surface area contributed by atoms with E-state index in [2.05, 4.69) is 10.3 Å². The van der Waals surface area contributed by atoms with Crippen LogP contribution < -0.4 is 5.32 Å². The molecule has 0 aliphatic heterocycles. The summed E-state index contributed by atoms with van der Waals surface area (Å²) in [6.07, 6.45) is 0. The molecule has 0 atom stereocenters. The van der Waals surface area contributed by atoms with Crippen LogP contribution in [0, 0.1) is 24.4 Å². The summed E-state index contributed by atoms with van der Waals surface area (Å²) in [7, 11) is 1.58. The minimum atomic E-state index is -1.23. The molecule has 0 radical (unpaired) electrons. The number of nitrogens with zero attached hydrogens (tertiary/aromatic N) is 1. The van der Waals surface area contributed by atoms with E-state index in [1.165, 1.54) is 0 Å². The SMILES string of the molecule is CNc1cc(C)nc2c(F)c(F)cc(F)c12. The van der Waals surface area contributed by atoms with Gasteiger partial charge in [0.25, 0.3) is 0 Å². The number of aryl methyl sites for hydroxylation is 1. The average Bonchev–Trinajstić information content (AvgIpc) is 2.24. The first-order valence-electron chi connectivity index (χ1n) is 4.67. The Morgan fingerprint density at radius 1 is 1.12 bits per heavy atom. The molecule has 0 saturated heterocycles. The Labute approximate surface area is 90.1 Å². The van der Waals surface area contributed by atoms with Crippen LogP contribution in [-0.2, 0) is 0 Å². The van der Waals surface area contributed by atoms with Gasteiger partial charge in [0.05, 0.1) is 5.39 Å². The summed E-state index contributed by atoms with van der Waals surface area (Å²) < 4.78 is 40.0. The molecule has 0 amide bonds. The number of halogens is 3. The molecule has 16 heavy (non-hydrogen) atoms. The van der Waals surface area contributed by atoms with Gasteiger partial charge in [-0.3, -0.25) is 0 Å². The van der Waals surface area contributed by atoms with Gasteiger partial charge in [-0.1, -0.05) is 0 Å². The van der Waals surface area contributed by atoms with Crippen molar-refractivity contribution in [3.05, 3.63) is 35.3 Å². The van der Waals surface area contributed by atoms with Crippen LogP contribution in [0.2, 0.25) is 0 Å². The molecule has 1 aromatic heterocycles. The number of anilines is 1. The minimum Gasteiger partial charge on any atom is -0.387 e. The highest BCUT2D eigenvalue weighted by molar-refractivity contribution is 5.92. The van der Waals surface area contributed by atoms with E-state index in [1.54, 1.807) is 20.0 Å². The third-order valence-corrected chi connectivity index (χ3v) is 2.33. The number of nitrogens with one attached hydrogen (secondary N) is 1. The molecule has 0 bridgehead atoms. The van der Waals surface area contributed by atoms with Crippen molar-refractivity contribution in [2.75, 3.05) is 12.4 Å². The molecule has 0 spiro atoms. The normalized spacial score (nSPS) is 10.8. The maximum Gasteiger partial charge on any atom is 0.185 e. The fourth-order valence-corrected chi connectivity index (χ4v) is 1.63. The van der Waals surface area contributed by atoms with Gasteiger partial charge in [0, 0.05) is 24.5 Å². The van der Waals surface area contributed by atoms with Gasteiger partial charge in [-0.15, -0.1) is 0 Å². The molecule has 84 valence electrons. The second kappa shape index (κ2) is 3.66. The molecule has 2 aromatic rings. The summed E-state index contributed by atoms with van der Waals surface area (Å²) in [4.78, 5) is 3.81. The van der Waals surface area contributed by atoms with E-state index in [0.717, 1.165) is 0 Å². The first kappa shape index (κ1) is 10.7. The molecular weight excluding hydrogens is 217 g/mol. The quantitative estimate of drug-likeness (QED) is 0.756. The summed E-state index contributed by atoms with van der Waals surface area (Å²) in [5.74, 6) is -3.19. The number of hydrogen-bond donors (Lipinski definition) is 1. The van der Waals surface area contributed by atoms with Gasteiger partial charge in [-0.05, 0) is 13.0 Å². The Kier molecular flexibility index (Phi) is 2.46. The molecule has 5 heteroatoms. The van der Waals surface area contributed by atoms with E-state index in [4.69, 9.17) is 0 Å². The molecular formula is C11H9F3N2. The molecule has 1 aromatic carbocycles. The van der Waals surface area contributed by atoms with E-state index < -0.39 is 17.5 Å². The number of hydrogen-bond acceptors (Lipinski definition) is 2. The van der Waals surface area contributed by atoms with Crippen molar-refractivity contribution in [1.82, 2.24) is 4.98 Å². The minimum absolute atomic E-state index is 0.0352. The second-order valence-corrected chi connectivity index (χ2v) is 3.44. The maximum absolute atomic E-state index is 13.5. The standard InChI is InChI=1S/C11H9F3N2/c1-5-3-8(15-2)9-6(12)4-7(13)10(14)11(9)16-5/h3-4H,1-2H3,(H,15,16). The molecule has 1 N–H and O–H groups in total. The van der Waals surface area contributed by atoms with E-state index in [0.29, 0.717) is 17.4 Å². The topological polar surface area (TPSA) is 24.9 Å². The van der Waals surface area contributed by atoms with Crippen molar-refractivity contribution in [2.24, 2.45) is 0 Å². The summed E-state index contributed by atoms with van der Waals surface area (Å²) in [5, 5.41) is 2.69. The lowest BCUT2D eigenvalue weighted by molar-refractivity contribution is 0.504. The number of benzene rings is 1. The lowest BCUT2D eigenvalue weighted by Gasteiger charge is -2.09. The highest BCUT2D eigenvalue weighted by Crippen LogP contribution is 2.28. The van der Waals surface area contributed by atoms with Crippen LogP contribution in [0.5, 0.6) is 0 Å². The van der Waals surface area contributed by atoms with Gasteiger partial charge in [0.2, 0.25) is 0 Å². The van der Waals surface area contributed by atoms with Crippen LogP contribution in [0.4, 0.5) is 18.9 Å². The van der Waals surface area contributed by atoms with Crippen LogP contribution in [0.25, 0.3) is 10.9 Å². The monoisotopic (exact) mass is 226 g/mol. The van der Waals surface area contributed by atoms with E-state index in [9.17, 15) is 13.2 Å². The zero-order valence-electron chi connectivity index (χ0n) is 8.74. The van der Waals surface area contributed by atoms with Gasteiger partial charge >= 0.3 is 0 Å². The third-order valence-electron chi connectivity index (χ3n) is 2.33. The van der Waals surface area contributed by atoms with Crippen molar-refractivity contribution in [3.63, 3.8) is 0 Å². The van der Waals surface area contributed by atoms with E-state index >= 15 is 0 Å². The Morgan fingerprint density at radius 2 is 1.81 bits per heavy atom. The Balaban J connectivity index is 2.98. The van der Waals surface area contributed by atoms with E-state index in [1.807, 2.05) is 0 Å². The number of aromatic nitrogens is 1. The van der Waals surface area contributed by atoms with Crippen LogP contribution in [0.3, 0.4) is 0 Å². The molecule has 0 fully saturated rings. The van der Waals surface area contributed by atoms with Gasteiger partial charge in [-0.2, -0.15) is 0 Å². The van der Waals surface area contributed by atoms with Crippen LogP contribution in [-0.4, -0.2) is 12.0 Å². The lowest BCUT2D eigenvalue weighted by atomic mass is 10.1. The van der Waals surface area contributed by atoms with Gasteiger partial charge in [-0.25, -0.2) is 18.2 Å². The largest absolute Gasteiger partial charge is 0.387 e. The summed E-state index contributed by atoms with van der Waals surface area (Å²) >= 11 is 0. The predicted molar refractivity (Wildman–Crippen MR) is 55.9 cm³/mol. The van der Waals surface area contributed by atoms with Crippen LogP contribution in [0.15, 0.2) is 12.1 Å². The Hall–Kier alpha value is -1.78. The highest BCUT2D eigenvalue weighted by atomic mass is 19.2. The molecule has 0 aliphatic carbocycles. The molecule has 2 nitrogen and oxygen atoms in total. The summed E-state index contributed by atoms with van der Waals surface area (Å²) in [5.41, 5.74) is 0.585. The van der Waals surface area contributed by atoms with Crippen molar-refractivity contribution in [2.45, 2.75) is 6.92 Å². The smallest absolute Gasteiger partial charge is 0.185 e. The van der Waals surface area contributed by atoms with Crippen molar-refractivity contribution >= 4 is 16.6 Å². The van der Waals surface area contributed by atoms with Gasteiger partial charge in [0.15, 0.2) is 11.6 Å². The van der Waals surface area contributed by atoms with Crippen LogP contribution >= 0.6 is 0 Å². The Morgan fingerprint density at radius 3 is 2.44 bits per heavy atom. The number of pyridine rings is 1. The summed E-state index contributed by atoms with van der Waals surface area (Å²) in [6, 6.07) is 2.10. The molecule has 1 heterocycles. The number of fused-ring (bicyclic) bond motifs is 1. The molecule has 0 saturated carbocycles. The molecule has 0 aliphatic rings. The van der Waals surface area contributed by atoms with Crippen molar-refractivity contribution < 1.29 is 13.2 Å². The fourth-order valence-electron chi connectivity index (χ4n) is 1.63. The Bertz CT molecular complexity index is 567. The maximum atomic E-state index is 13.5. The molecule has 2 rings (SSSR count). The average molecular weight is 226 g/mol. The first-order valence-corrected chi connectivity index (χ1v) is 4.67. The van der Waals surface area contributed by atoms with Crippen LogP contribution in [0.1, 0.15) is 5.69 Å². The van der Waals surface area contributed by atoms with Crippen molar-refractivity contribution in [1.29, 1.82) is 0 Å². The van der Waals surface area contributed by atoms with E-state index in [-0.39, 0.29) is 10.9 Å². The first-order chi connectivity index (χ1) is 7.54. The number of rotatable bonds is 1. The molecule has 0 unspecified atom stereocenters. The van der Waals surface area contributed by atoms with Crippen molar-refractivity contribution in [3.8, 4) is 0 Å². The zero-order valence-corrected chi connectivity index (χ0v) is 8.74.